The number of rotatable bonds is 5. The van der Waals surface area contributed by atoms with Crippen LogP contribution in [0.15, 0.2) is 24.3 Å². The molecule has 19 heavy (non-hydrogen) atoms. The molecule has 2 rings (SSSR count). The molecule has 0 radical (unpaired) electrons. The predicted molar refractivity (Wildman–Crippen MR) is 73.4 cm³/mol. The van der Waals surface area contributed by atoms with E-state index in [0.717, 1.165) is 17.5 Å². The van der Waals surface area contributed by atoms with Crippen molar-refractivity contribution in [3.8, 4) is 0 Å². The first-order valence-electron chi connectivity index (χ1n) is 6.34. The van der Waals surface area contributed by atoms with Gasteiger partial charge in [0.25, 0.3) is 0 Å². The van der Waals surface area contributed by atoms with Gasteiger partial charge in [-0.05, 0) is 24.5 Å². The Balaban J connectivity index is 1.95. The van der Waals surface area contributed by atoms with E-state index in [-0.39, 0.29) is 17.8 Å². The minimum atomic E-state index is -0.935. The van der Waals surface area contributed by atoms with Gasteiger partial charge in [0.15, 0.2) is 0 Å². The summed E-state index contributed by atoms with van der Waals surface area (Å²) in [4.78, 5) is 10.6. The van der Waals surface area contributed by atoms with Gasteiger partial charge in [0, 0.05) is 23.2 Å². The van der Waals surface area contributed by atoms with Crippen LogP contribution in [-0.2, 0) is 32.5 Å². The minimum Gasteiger partial charge on any atom is -0.481 e. The Labute approximate surface area is 115 Å². The zero-order chi connectivity index (χ0) is 13.8. The highest BCUT2D eigenvalue weighted by molar-refractivity contribution is 7.84. The lowest BCUT2D eigenvalue weighted by Crippen LogP contribution is -2.24. The highest BCUT2D eigenvalue weighted by atomic mass is 32.2. The van der Waals surface area contributed by atoms with E-state index in [9.17, 15) is 9.00 Å². The molecule has 1 heterocycles. The monoisotopic (exact) mass is 282 g/mol. The van der Waals surface area contributed by atoms with Gasteiger partial charge < -0.3 is 9.84 Å². The summed E-state index contributed by atoms with van der Waals surface area (Å²) < 4.78 is 17.7. The first kappa shape index (κ1) is 14.2. The number of benzene rings is 1. The molecule has 1 fully saturated rings. The van der Waals surface area contributed by atoms with Crippen LogP contribution in [0.3, 0.4) is 0 Å². The molecule has 1 aromatic rings. The van der Waals surface area contributed by atoms with Crippen LogP contribution in [0, 0.1) is 0 Å². The highest BCUT2D eigenvalue weighted by Crippen LogP contribution is 2.21. The molecule has 3 atom stereocenters. The summed E-state index contributed by atoms with van der Waals surface area (Å²) in [6.45, 7) is 2.65. The zero-order valence-electron chi connectivity index (χ0n) is 10.9. The molecule has 0 aromatic heterocycles. The zero-order valence-corrected chi connectivity index (χ0v) is 11.7. The van der Waals surface area contributed by atoms with Gasteiger partial charge in [0.2, 0.25) is 0 Å². The molecule has 0 aliphatic carbocycles. The second kappa shape index (κ2) is 6.30. The third-order valence-corrected chi connectivity index (χ3v) is 5.24. The van der Waals surface area contributed by atoms with E-state index >= 15 is 0 Å². The molecule has 1 saturated heterocycles. The number of aliphatic carboxylic acids is 1. The van der Waals surface area contributed by atoms with Crippen molar-refractivity contribution in [3.63, 3.8) is 0 Å². The van der Waals surface area contributed by atoms with Crippen LogP contribution in [0.2, 0.25) is 0 Å². The van der Waals surface area contributed by atoms with E-state index in [1.54, 1.807) is 12.1 Å². The van der Waals surface area contributed by atoms with E-state index < -0.39 is 16.8 Å². The topological polar surface area (TPSA) is 63.6 Å². The molecular formula is C14H18O4S. The number of carboxylic acid groups (broad SMARTS) is 1. The van der Waals surface area contributed by atoms with Gasteiger partial charge in [0.05, 0.1) is 17.8 Å². The number of hydrogen-bond donors (Lipinski definition) is 1. The molecule has 1 aliphatic heterocycles. The van der Waals surface area contributed by atoms with Gasteiger partial charge in [-0.1, -0.05) is 24.3 Å². The quantitative estimate of drug-likeness (QED) is 0.893. The SMILES string of the molecule is CC1OCCC1S(=O)Cc1ccc(CC(=O)O)cc1. The molecule has 1 aromatic carbocycles. The minimum absolute atomic E-state index is 0.0247. The van der Waals surface area contributed by atoms with Crippen molar-refractivity contribution < 1.29 is 18.8 Å². The summed E-state index contributed by atoms with van der Waals surface area (Å²) in [7, 11) is -0.935. The van der Waals surface area contributed by atoms with Crippen molar-refractivity contribution >= 4 is 16.8 Å². The maximum absolute atomic E-state index is 12.2. The average Bonchev–Trinajstić information content (AvgIpc) is 2.77. The molecular weight excluding hydrogens is 264 g/mol. The summed E-state index contributed by atoms with van der Waals surface area (Å²) in [5.41, 5.74) is 1.74. The molecule has 3 unspecified atom stereocenters. The Morgan fingerprint density at radius 1 is 1.37 bits per heavy atom. The fourth-order valence-corrected chi connectivity index (χ4v) is 3.86. The Kier molecular flexibility index (Phi) is 4.71. The molecule has 0 amide bonds. The van der Waals surface area contributed by atoms with Gasteiger partial charge in [-0.2, -0.15) is 0 Å². The van der Waals surface area contributed by atoms with Crippen LogP contribution in [0.4, 0.5) is 0 Å². The first-order valence-corrected chi connectivity index (χ1v) is 7.73. The van der Waals surface area contributed by atoms with Gasteiger partial charge >= 0.3 is 5.97 Å². The van der Waals surface area contributed by atoms with Gasteiger partial charge in [-0.3, -0.25) is 9.00 Å². The Bertz CT molecular complexity index is 469. The van der Waals surface area contributed by atoms with Crippen LogP contribution in [-0.4, -0.2) is 33.2 Å². The van der Waals surface area contributed by atoms with Crippen LogP contribution >= 0.6 is 0 Å². The standard InChI is InChI=1S/C14H18O4S/c1-10-13(6-7-18-10)19(17)9-12-4-2-11(3-5-12)8-14(15)16/h2-5,10,13H,6-9H2,1H3,(H,15,16). The van der Waals surface area contributed by atoms with E-state index in [2.05, 4.69) is 0 Å². The smallest absolute Gasteiger partial charge is 0.307 e. The number of carbonyl (C=O) groups is 1. The number of hydrogen-bond acceptors (Lipinski definition) is 3. The number of carboxylic acids is 1. The Morgan fingerprint density at radius 2 is 2.00 bits per heavy atom. The van der Waals surface area contributed by atoms with E-state index in [1.165, 1.54) is 0 Å². The summed E-state index contributed by atoms with van der Waals surface area (Å²) >= 11 is 0. The molecule has 0 saturated carbocycles. The maximum atomic E-state index is 12.2. The Hall–Kier alpha value is -1.20. The largest absolute Gasteiger partial charge is 0.481 e. The van der Waals surface area contributed by atoms with Crippen LogP contribution in [0.1, 0.15) is 24.5 Å². The molecule has 4 nitrogen and oxygen atoms in total. The predicted octanol–water partition coefficient (Wildman–Crippen LogP) is 1.74. The van der Waals surface area contributed by atoms with Crippen molar-refractivity contribution in [1.29, 1.82) is 0 Å². The van der Waals surface area contributed by atoms with Gasteiger partial charge in [-0.15, -0.1) is 0 Å². The van der Waals surface area contributed by atoms with Crippen molar-refractivity contribution in [2.45, 2.75) is 36.9 Å². The summed E-state index contributed by atoms with van der Waals surface area (Å²) in [6.07, 6.45) is 0.939. The van der Waals surface area contributed by atoms with Gasteiger partial charge in [0.1, 0.15) is 0 Å². The molecule has 0 spiro atoms. The first-order chi connectivity index (χ1) is 9.06. The van der Waals surface area contributed by atoms with Crippen molar-refractivity contribution in [2.24, 2.45) is 0 Å². The maximum Gasteiger partial charge on any atom is 0.307 e. The van der Waals surface area contributed by atoms with Gasteiger partial charge in [-0.25, -0.2) is 0 Å². The molecule has 1 N–H and O–H groups in total. The van der Waals surface area contributed by atoms with Crippen LogP contribution in [0.5, 0.6) is 0 Å². The van der Waals surface area contributed by atoms with Crippen molar-refractivity contribution in [2.75, 3.05) is 6.61 Å². The average molecular weight is 282 g/mol. The Morgan fingerprint density at radius 3 is 2.53 bits per heavy atom. The lowest BCUT2D eigenvalue weighted by atomic mass is 10.1. The highest BCUT2D eigenvalue weighted by Gasteiger charge is 2.29. The summed E-state index contributed by atoms with van der Waals surface area (Å²) in [5.74, 6) is -0.334. The normalized spacial score (nSPS) is 24.3. The molecule has 5 heteroatoms. The summed E-state index contributed by atoms with van der Waals surface area (Å²) in [6, 6.07) is 7.29. The van der Waals surface area contributed by atoms with E-state index in [4.69, 9.17) is 9.84 Å². The third kappa shape index (κ3) is 3.88. The fourth-order valence-electron chi connectivity index (χ4n) is 2.26. The van der Waals surface area contributed by atoms with E-state index in [1.807, 2.05) is 19.1 Å². The molecule has 1 aliphatic rings. The molecule has 0 bridgehead atoms. The van der Waals surface area contributed by atoms with Crippen LogP contribution in [0.25, 0.3) is 0 Å². The third-order valence-electron chi connectivity index (χ3n) is 3.33. The van der Waals surface area contributed by atoms with Crippen LogP contribution < -0.4 is 0 Å². The second-order valence-electron chi connectivity index (χ2n) is 4.82. The fraction of sp³-hybridized carbons (Fsp3) is 0.500. The van der Waals surface area contributed by atoms with E-state index in [0.29, 0.717) is 12.4 Å². The van der Waals surface area contributed by atoms with Crippen molar-refractivity contribution in [1.82, 2.24) is 0 Å². The second-order valence-corrected chi connectivity index (χ2v) is 6.47. The lowest BCUT2D eigenvalue weighted by Gasteiger charge is -2.13. The number of ether oxygens (including phenoxy) is 1. The lowest BCUT2D eigenvalue weighted by molar-refractivity contribution is -0.136. The molecule has 104 valence electrons. The summed E-state index contributed by atoms with van der Waals surface area (Å²) in [5, 5.41) is 8.80. The van der Waals surface area contributed by atoms with Crippen molar-refractivity contribution in [3.05, 3.63) is 35.4 Å².